The maximum absolute atomic E-state index is 11.7. The molecule has 0 saturated carbocycles. The Morgan fingerprint density at radius 2 is 1.33 bits per heavy atom. The third kappa shape index (κ3) is 4.70. The van der Waals surface area contributed by atoms with E-state index in [2.05, 4.69) is 0 Å². The van der Waals surface area contributed by atoms with Crippen molar-refractivity contribution in [1.82, 2.24) is 0 Å². The molecule has 1 N–H and O–H groups in total. The summed E-state index contributed by atoms with van der Waals surface area (Å²) in [5.74, 6) is 0.188. The van der Waals surface area contributed by atoms with Crippen LogP contribution in [0.15, 0.2) is 72.8 Å². The maximum Gasteiger partial charge on any atom is 0.336 e. The standard InChI is InChI=1S/C23H18O4/c1-16-2-4-17(5-3-16)14-22(23(25)26)19-8-12-21(13-9-19)27-20-10-6-18(15-24)7-11-20/h2-15H,1H3,(H,25,26)/b22-14+. The molecule has 27 heavy (non-hydrogen) atoms. The van der Waals surface area contributed by atoms with Crippen LogP contribution in [-0.2, 0) is 4.79 Å². The zero-order chi connectivity index (χ0) is 19.2. The highest BCUT2D eigenvalue weighted by Gasteiger charge is 2.11. The fourth-order valence-electron chi connectivity index (χ4n) is 2.55. The minimum absolute atomic E-state index is 0.209. The number of carbonyl (C=O) groups is 2. The number of benzene rings is 3. The van der Waals surface area contributed by atoms with Crippen molar-refractivity contribution in [3.63, 3.8) is 0 Å². The monoisotopic (exact) mass is 358 g/mol. The summed E-state index contributed by atoms with van der Waals surface area (Å²) in [6, 6.07) is 21.3. The third-order valence-electron chi connectivity index (χ3n) is 4.04. The molecule has 4 nitrogen and oxygen atoms in total. The highest BCUT2D eigenvalue weighted by molar-refractivity contribution is 6.20. The van der Waals surface area contributed by atoms with Crippen LogP contribution in [0.25, 0.3) is 11.6 Å². The van der Waals surface area contributed by atoms with Crippen molar-refractivity contribution < 1.29 is 19.4 Å². The molecule has 0 atom stereocenters. The second-order valence-corrected chi connectivity index (χ2v) is 6.09. The third-order valence-corrected chi connectivity index (χ3v) is 4.04. The molecule has 0 aliphatic rings. The summed E-state index contributed by atoms with van der Waals surface area (Å²) in [5.41, 5.74) is 3.32. The maximum atomic E-state index is 11.7. The minimum atomic E-state index is -0.992. The zero-order valence-electron chi connectivity index (χ0n) is 14.8. The molecular weight excluding hydrogens is 340 g/mol. The number of ether oxygens (including phenoxy) is 1. The molecule has 3 aromatic rings. The van der Waals surface area contributed by atoms with Gasteiger partial charge in [0.25, 0.3) is 0 Å². The van der Waals surface area contributed by atoms with E-state index in [4.69, 9.17) is 4.74 Å². The van der Waals surface area contributed by atoms with E-state index < -0.39 is 5.97 Å². The van der Waals surface area contributed by atoms with Crippen molar-refractivity contribution in [1.29, 1.82) is 0 Å². The number of hydrogen-bond donors (Lipinski definition) is 1. The molecule has 0 aromatic heterocycles. The van der Waals surface area contributed by atoms with E-state index in [9.17, 15) is 14.7 Å². The van der Waals surface area contributed by atoms with Crippen LogP contribution < -0.4 is 4.74 Å². The summed E-state index contributed by atoms with van der Waals surface area (Å²) >= 11 is 0. The normalized spacial score (nSPS) is 11.1. The lowest BCUT2D eigenvalue weighted by molar-refractivity contribution is -0.130. The molecule has 0 spiro atoms. The van der Waals surface area contributed by atoms with Crippen LogP contribution in [0.2, 0.25) is 0 Å². The highest BCUT2D eigenvalue weighted by Crippen LogP contribution is 2.25. The molecule has 0 amide bonds. The topological polar surface area (TPSA) is 63.6 Å². The van der Waals surface area contributed by atoms with Crippen LogP contribution in [0.4, 0.5) is 0 Å². The van der Waals surface area contributed by atoms with Crippen LogP contribution >= 0.6 is 0 Å². The van der Waals surface area contributed by atoms with E-state index in [1.165, 1.54) is 0 Å². The SMILES string of the molecule is Cc1ccc(/C=C(/C(=O)O)c2ccc(Oc3ccc(C=O)cc3)cc2)cc1. The largest absolute Gasteiger partial charge is 0.478 e. The van der Waals surface area contributed by atoms with Gasteiger partial charge in [0.2, 0.25) is 0 Å². The number of aryl methyl sites for hydroxylation is 1. The first-order valence-corrected chi connectivity index (χ1v) is 8.40. The zero-order valence-corrected chi connectivity index (χ0v) is 14.8. The molecular formula is C23H18O4. The highest BCUT2D eigenvalue weighted by atomic mass is 16.5. The lowest BCUT2D eigenvalue weighted by atomic mass is 10.0. The van der Waals surface area contributed by atoms with Crippen molar-refractivity contribution in [2.45, 2.75) is 6.92 Å². The van der Waals surface area contributed by atoms with E-state index in [1.54, 1.807) is 54.6 Å². The molecule has 0 saturated heterocycles. The van der Waals surface area contributed by atoms with E-state index in [1.807, 2.05) is 31.2 Å². The second-order valence-electron chi connectivity index (χ2n) is 6.09. The molecule has 3 rings (SSSR count). The van der Waals surface area contributed by atoms with Crippen molar-refractivity contribution in [2.24, 2.45) is 0 Å². The molecule has 4 heteroatoms. The summed E-state index contributed by atoms with van der Waals surface area (Å²) in [6.07, 6.45) is 2.42. The number of carbonyl (C=O) groups excluding carboxylic acids is 1. The Kier molecular flexibility index (Phi) is 5.47. The van der Waals surface area contributed by atoms with Crippen LogP contribution in [0.1, 0.15) is 27.0 Å². The Morgan fingerprint density at radius 1 is 0.815 bits per heavy atom. The van der Waals surface area contributed by atoms with Crippen molar-refractivity contribution in [3.05, 3.63) is 95.1 Å². The molecule has 0 unspecified atom stereocenters. The number of hydrogen-bond acceptors (Lipinski definition) is 3. The van der Waals surface area contributed by atoms with Crippen molar-refractivity contribution >= 4 is 23.9 Å². The minimum Gasteiger partial charge on any atom is -0.478 e. The van der Waals surface area contributed by atoms with Gasteiger partial charge in [-0.25, -0.2) is 4.79 Å². The van der Waals surface area contributed by atoms with E-state index >= 15 is 0 Å². The Hall–Kier alpha value is -3.66. The van der Waals surface area contributed by atoms with Crippen LogP contribution in [0.3, 0.4) is 0 Å². The quantitative estimate of drug-likeness (QED) is 0.372. The first-order chi connectivity index (χ1) is 13.0. The van der Waals surface area contributed by atoms with Gasteiger partial charge in [-0.1, -0.05) is 42.0 Å². The van der Waals surface area contributed by atoms with Gasteiger partial charge in [0, 0.05) is 5.56 Å². The summed E-state index contributed by atoms with van der Waals surface area (Å²) in [5, 5.41) is 9.57. The van der Waals surface area contributed by atoms with E-state index in [0.717, 1.165) is 17.4 Å². The first kappa shape index (κ1) is 18.1. The molecule has 134 valence electrons. The summed E-state index contributed by atoms with van der Waals surface area (Å²) in [7, 11) is 0. The van der Waals surface area contributed by atoms with Gasteiger partial charge in [-0.05, 0) is 60.5 Å². The lowest BCUT2D eigenvalue weighted by Crippen LogP contribution is -1.99. The van der Waals surface area contributed by atoms with Gasteiger partial charge in [0.15, 0.2) is 0 Å². The summed E-state index contributed by atoms with van der Waals surface area (Å²) in [4.78, 5) is 22.4. The lowest BCUT2D eigenvalue weighted by Gasteiger charge is -2.08. The van der Waals surface area contributed by atoms with Gasteiger partial charge >= 0.3 is 5.97 Å². The Labute approximate surface area is 157 Å². The molecule has 3 aromatic carbocycles. The Morgan fingerprint density at radius 3 is 1.85 bits per heavy atom. The molecule has 0 radical (unpaired) electrons. The second kappa shape index (κ2) is 8.15. The van der Waals surface area contributed by atoms with Crippen LogP contribution in [0.5, 0.6) is 11.5 Å². The van der Waals surface area contributed by atoms with Gasteiger partial charge in [0.1, 0.15) is 17.8 Å². The van der Waals surface area contributed by atoms with Gasteiger partial charge < -0.3 is 9.84 Å². The smallest absolute Gasteiger partial charge is 0.336 e. The molecule has 0 aliphatic carbocycles. The summed E-state index contributed by atoms with van der Waals surface area (Å²) in [6.45, 7) is 1.98. The van der Waals surface area contributed by atoms with Crippen molar-refractivity contribution in [2.75, 3.05) is 0 Å². The number of carboxylic acids is 1. The number of aldehydes is 1. The Balaban J connectivity index is 1.81. The van der Waals surface area contributed by atoms with E-state index in [-0.39, 0.29) is 5.57 Å². The molecule has 0 heterocycles. The first-order valence-electron chi connectivity index (χ1n) is 8.40. The number of carboxylic acid groups (broad SMARTS) is 1. The van der Waals surface area contributed by atoms with Gasteiger partial charge in [-0.15, -0.1) is 0 Å². The summed E-state index contributed by atoms with van der Waals surface area (Å²) < 4.78 is 5.72. The fourth-order valence-corrected chi connectivity index (χ4v) is 2.55. The Bertz CT molecular complexity index is 966. The van der Waals surface area contributed by atoms with E-state index in [0.29, 0.717) is 22.6 Å². The molecule has 0 aliphatic heterocycles. The molecule has 0 bridgehead atoms. The predicted molar refractivity (Wildman–Crippen MR) is 105 cm³/mol. The number of rotatable bonds is 6. The fraction of sp³-hybridized carbons (Fsp3) is 0.0435. The van der Waals surface area contributed by atoms with Crippen LogP contribution in [-0.4, -0.2) is 17.4 Å². The van der Waals surface area contributed by atoms with Gasteiger partial charge in [0.05, 0.1) is 5.57 Å². The van der Waals surface area contributed by atoms with Gasteiger partial charge in [-0.3, -0.25) is 4.79 Å². The average Bonchev–Trinajstić information content (AvgIpc) is 2.69. The predicted octanol–water partition coefficient (Wildman–Crippen LogP) is 5.23. The number of aliphatic carboxylic acids is 1. The van der Waals surface area contributed by atoms with Crippen LogP contribution in [0, 0.1) is 6.92 Å². The average molecular weight is 358 g/mol. The van der Waals surface area contributed by atoms with Gasteiger partial charge in [-0.2, -0.15) is 0 Å². The van der Waals surface area contributed by atoms with Crippen molar-refractivity contribution in [3.8, 4) is 11.5 Å². The molecule has 0 fully saturated rings.